The molecular weight excluding hydrogens is 237 g/mol. The molecule has 0 aliphatic heterocycles. The standard InChI is InChI=1S/C13H12FNOS/c1-9(16)10-5-6-15-13(7-10)17-12-4-2-3-11(14)8-12/h2-9,16H,1H3. The molecule has 1 aromatic heterocycles. The van der Waals surface area contributed by atoms with Crippen molar-refractivity contribution in [3.63, 3.8) is 0 Å². The Morgan fingerprint density at radius 2 is 2.12 bits per heavy atom. The molecule has 0 bridgehead atoms. The van der Waals surface area contributed by atoms with Crippen LogP contribution in [0.25, 0.3) is 0 Å². The minimum atomic E-state index is -0.523. The van der Waals surface area contributed by atoms with Crippen molar-refractivity contribution in [2.75, 3.05) is 0 Å². The van der Waals surface area contributed by atoms with Crippen molar-refractivity contribution in [2.24, 2.45) is 0 Å². The maximum atomic E-state index is 13.0. The van der Waals surface area contributed by atoms with Gasteiger partial charge in [-0.1, -0.05) is 17.8 Å². The summed E-state index contributed by atoms with van der Waals surface area (Å²) in [6, 6.07) is 9.92. The topological polar surface area (TPSA) is 33.1 Å². The maximum absolute atomic E-state index is 13.0. The van der Waals surface area contributed by atoms with Crippen molar-refractivity contribution >= 4 is 11.8 Å². The first kappa shape index (κ1) is 12.1. The first-order valence-electron chi connectivity index (χ1n) is 5.22. The number of halogens is 1. The van der Waals surface area contributed by atoms with Crippen molar-refractivity contribution in [1.82, 2.24) is 4.98 Å². The summed E-state index contributed by atoms with van der Waals surface area (Å²) >= 11 is 1.37. The molecule has 88 valence electrons. The van der Waals surface area contributed by atoms with E-state index in [4.69, 9.17) is 0 Å². The number of benzene rings is 1. The Bertz CT molecular complexity index is 516. The number of aliphatic hydroxyl groups excluding tert-OH is 1. The molecule has 17 heavy (non-hydrogen) atoms. The van der Waals surface area contributed by atoms with Gasteiger partial charge in [-0.05, 0) is 42.8 Å². The fraction of sp³-hybridized carbons (Fsp3) is 0.154. The van der Waals surface area contributed by atoms with Gasteiger partial charge in [0.2, 0.25) is 0 Å². The van der Waals surface area contributed by atoms with E-state index < -0.39 is 6.10 Å². The second-order valence-electron chi connectivity index (χ2n) is 3.66. The van der Waals surface area contributed by atoms with Gasteiger partial charge in [0, 0.05) is 11.1 Å². The van der Waals surface area contributed by atoms with Gasteiger partial charge in [-0.2, -0.15) is 0 Å². The number of rotatable bonds is 3. The van der Waals surface area contributed by atoms with E-state index in [1.54, 1.807) is 31.3 Å². The van der Waals surface area contributed by atoms with Crippen molar-refractivity contribution in [1.29, 1.82) is 0 Å². The minimum absolute atomic E-state index is 0.262. The van der Waals surface area contributed by atoms with Gasteiger partial charge in [-0.3, -0.25) is 0 Å². The molecule has 0 amide bonds. The fourth-order valence-electron chi connectivity index (χ4n) is 1.39. The normalized spacial score (nSPS) is 12.4. The molecule has 0 aliphatic carbocycles. The van der Waals surface area contributed by atoms with Crippen LogP contribution in [-0.2, 0) is 0 Å². The number of hydrogen-bond acceptors (Lipinski definition) is 3. The lowest BCUT2D eigenvalue weighted by Crippen LogP contribution is -1.92. The van der Waals surface area contributed by atoms with Gasteiger partial charge in [-0.15, -0.1) is 0 Å². The maximum Gasteiger partial charge on any atom is 0.124 e. The minimum Gasteiger partial charge on any atom is -0.389 e. The molecule has 4 heteroatoms. The van der Waals surface area contributed by atoms with Crippen LogP contribution in [0, 0.1) is 5.82 Å². The van der Waals surface area contributed by atoms with E-state index in [0.29, 0.717) is 0 Å². The Kier molecular flexibility index (Phi) is 3.76. The van der Waals surface area contributed by atoms with Gasteiger partial charge in [0.15, 0.2) is 0 Å². The Morgan fingerprint density at radius 1 is 1.29 bits per heavy atom. The third kappa shape index (κ3) is 3.28. The summed E-state index contributed by atoms with van der Waals surface area (Å²) in [7, 11) is 0. The van der Waals surface area contributed by atoms with Gasteiger partial charge in [-0.25, -0.2) is 9.37 Å². The molecular formula is C13H12FNOS. The van der Waals surface area contributed by atoms with Gasteiger partial charge >= 0.3 is 0 Å². The van der Waals surface area contributed by atoms with Crippen molar-refractivity contribution in [3.05, 3.63) is 54.0 Å². The first-order valence-corrected chi connectivity index (χ1v) is 6.04. The van der Waals surface area contributed by atoms with Crippen LogP contribution in [0.3, 0.4) is 0 Å². The van der Waals surface area contributed by atoms with Crippen LogP contribution < -0.4 is 0 Å². The van der Waals surface area contributed by atoms with Crippen LogP contribution in [0.15, 0.2) is 52.5 Å². The SMILES string of the molecule is CC(O)c1ccnc(Sc2cccc(F)c2)c1. The summed E-state index contributed by atoms with van der Waals surface area (Å²) < 4.78 is 13.0. The lowest BCUT2D eigenvalue weighted by molar-refractivity contribution is 0.199. The third-order valence-electron chi connectivity index (χ3n) is 2.26. The van der Waals surface area contributed by atoms with Gasteiger partial charge in [0.05, 0.1) is 6.10 Å². The van der Waals surface area contributed by atoms with E-state index in [1.807, 2.05) is 6.07 Å². The summed E-state index contributed by atoms with van der Waals surface area (Å²) in [5, 5.41) is 10.2. The number of aromatic nitrogens is 1. The average Bonchev–Trinajstić information content (AvgIpc) is 2.29. The summed E-state index contributed by atoms with van der Waals surface area (Å²) in [4.78, 5) is 4.97. The number of aliphatic hydroxyl groups is 1. The monoisotopic (exact) mass is 249 g/mol. The first-order chi connectivity index (χ1) is 8.15. The molecule has 0 radical (unpaired) electrons. The van der Waals surface area contributed by atoms with Gasteiger partial charge in [0.25, 0.3) is 0 Å². The zero-order valence-electron chi connectivity index (χ0n) is 9.30. The van der Waals surface area contributed by atoms with Crippen LogP contribution in [0.5, 0.6) is 0 Å². The largest absolute Gasteiger partial charge is 0.389 e. The summed E-state index contributed by atoms with van der Waals surface area (Å²) in [6.45, 7) is 1.70. The van der Waals surface area contributed by atoms with Crippen molar-refractivity contribution < 1.29 is 9.50 Å². The summed E-state index contributed by atoms with van der Waals surface area (Å²) in [5.41, 5.74) is 0.805. The van der Waals surface area contributed by atoms with Crippen LogP contribution >= 0.6 is 11.8 Å². The molecule has 2 rings (SSSR count). The smallest absolute Gasteiger partial charge is 0.124 e. The van der Waals surface area contributed by atoms with Crippen LogP contribution in [-0.4, -0.2) is 10.1 Å². The average molecular weight is 249 g/mol. The molecule has 1 N–H and O–H groups in total. The van der Waals surface area contributed by atoms with Crippen molar-refractivity contribution in [2.45, 2.75) is 22.9 Å². The molecule has 1 heterocycles. The number of hydrogen-bond donors (Lipinski definition) is 1. The highest BCUT2D eigenvalue weighted by atomic mass is 32.2. The number of nitrogens with zero attached hydrogens (tertiary/aromatic N) is 1. The van der Waals surface area contributed by atoms with Crippen LogP contribution in [0.1, 0.15) is 18.6 Å². The molecule has 1 atom stereocenters. The molecule has 0 saturated heterocycles. The molecule has 0 saturated carbocycles. The zero-order valence-corrected chi connectivity index (χ0v) is 10.1. The molecule has 0 fully saturated rings. The van der Waals surface area contributed by atoms with Gasteiger partial charge < -0.3 is 5.11 Å². The molecule has 2 aromatic rings. The molecule has 0 aliphatic rings. The molecule has 2 nitrogen and oxygen atoms in total. The van der Waals surface area contributed by atoms with Crippen molar-refractivity contribution in [3.8, 4) is 0 Å². The van der Waals surface area contributed by atoms with E-state index in [-0.39, 0.29) is 5.82 Å². The quantitative estimate of drug-likeness (QED) is 0.904. The lowest BCUT2D eigenvalue weighted by Gasteiger charge is -2.06. The Morgan fingerprint density at radius 3 is 2.82 bits per heavy atom. The highest BCUT2D eigenvalue weighted by Crippen LogP contribution is 2.27. The van der Waals surface area contributed by atoms with E-state index in [1.165, 1.54) is 23.9 Å². The summed E-state index contributed by atoms with van der Waals surface area (Å²) in [5.74, 6) is -0.262. The van der Waals surface area contributed by atoms with E-state index in [0.717, 1.165) is 15.5 Å². The predicted octanol–water partition coefficient (Wildman–Crippen LogP) is 3.43. The second kappa shape index (κ2) is 5.29. The van der Waals surface area contributed by atoms with Crippen LogP contribution in [0.2, 0.25) is 0 Å². The molecule has 1 unspecified atom stereocenters. The Labute approximate surface area is 104 Å². The Hall–Kier alpha value is -1.39. The number of pyridine rings is 1. The zero-order chi connectivity index (χ0) is 12.3. The fourth-order valence-corrected chi connectivity index (χ4v) is 2.26. The highest BCUT2D eigenvalue weighted by Gasteiger charge is 2.04. The van der Waals surface area contributed by atoms with E-state index >= 15 is 0 Å². The predicted molar refractivity (Wildman–Crippen MR) is 65.4 cm³/mol. The van der Waals surface area contributed by atoms with Gasteiger partial charge in [0.1, 0.15) is 10.8 Å². The highest BCUT2D eigenvalue weighted by molar-refractivity contribution is 7.99. The molecule has 0 spiro atoms. The Balaban J connectivity index is 2.21. The summed E-state index contributed by atoms with van der Waals surface area (Å²) in [6.07, 6.45) is 1.12. The third-order valence-corrected chi connectivity index (χ3v) is 3.18. The lowest BCUT2D eigenvalue weighted by atomic mass is 10.2. The van der Waals surface area contributed by atoms with E-state index in [2.05, 4.69) is 4.98 Å². The van der Waals surface area contributed by atoms with E-state index in [9.17, 15) is 9.50 Å². The molecule has 1 aromatic carbocycles. The second-order valence-corrected chi connectivity index (χ2v) is 4.76. The van der Waals surface area contributed by atoms with Crippen LogP contribution in [0.4, 0.5) is 4.39 Å².